The van der Waals surface area contributed by atoms with Crippen LogP contribution in [0, 0.1) is 0 Å². The SMILES string of the molecule is CCCCN1CCOc2cc(Br)ccc21. The summed E-state index contributed by atoms with van der Waals surface area (Å²) in [6.07, 6.45) is 2.48. The number of fused-ring (bicyclic) bond motifs is 1. The van der Waals surface area contributed by atoms with Crippen LogP contribution in [-0.4, -0.2) is 19.7 Å². The Morgan fingerprint density at radius 2 is 2.33 bits per heavy atom. The molecule has 0 amide bonds. The Hall–Kier alpha value is -0.700. The molecule has 0 N–H and O–H groups in total. The summed E-state index contributed by atoms with van der Waals surface area (Å²) in [6.45, 7) is 5.17. The topological polar surface area (TPSA) is 12.5 Å². The van der Waals surface area contributed by atoms with Crippen molar-refractivity contribution in [2.75, 3.05) is 24.6 Å². The molecule has 0 saturated heterocycles. The smallest absolute Gasteiger partial charge is 0.143 e. The first-order chi connectivity index (χ1) is 7.31. The molecule has 0 bridgehead atoms. The second kappa shape index (κ2) is 4.88. The van der Waals surface area contributed by atoms with Gasteiger partial charge in [-0.2, -0.15) is 0 Å². The molecule has 0 atom stereocenters. The lowest BCUT2D eigenvalue weighted by atomic mass is 10.2. The second-order valence-electron chi connectivity index (χ2n) is 3.80. The number of ether oxygens (including phenoxy) is 1. The van der Waals surface area contributed by atoms with Crippen molar-refractivity contribution >= 4 is 21.6 Å². The number of hydrogen-bond donors (Lipinski definition) is 0. The van der Waals surface area contributed by atoms with Gasteiger partial charge in [-0.3, -0.25) is 0 Å². The normalized spacial score (nSPS) is 14.7. The Labute approximate surface area is 99.4 Å². The molecule has 15 heavy (non-hydrogen) atoms. The quantitative estimate of drug-likeness (QED) is 0.834. The molecule has 0 aromatic heterocycles. The largest absolute Gasteiger partial charge is 0.490 e. The van der Waals surface area contributed by atoms with Crippen LogP contribution in [0.5, 0.6) is 5.75 Å². The van der Waals surface area contributed by atoms with Gasteiger partial charge in [0.2, 0.25) is 0 Å². The van der Waals surface area contributed by atoms with E-state index in [1.165, 1.54) is 18.5 Å². The predicted octanol–water partition coefficient (Wildman–Crippen LogP) is 3.45. The molecule has 0 spiro atoms. The molecule has 0 saturated carbocycles. The van der Waals surface area contributed by atoms with Crippen molar-refractivity contribution in [3.63, 3.8) is 0 Å². The van der Waals surface area contributed by atoms with Gasteiger partial charge in [0.25, 0.3) is 0 Å². The minimum Gasteiger partial charge on any atom is -0.490 e. The molecule has 0 unspecified atom stereocenters. The van der Waals surface area contributed by atoms with Gasteiger partial charge < -0.3 is 9.64 Å². The van der Waals surface area contributed by atoms with E-state index in [1.54, 1.807) is 0 Å². The highest BCUT2D eigenvalue weighted by molar-refractivity contribution is 9.10. The number of halogens is 1. The van der Waals surface area contributed by atoms with Crippen LogP contribution in [0.15, 0.2) is 22.7 Å². The van der Waals surface area contributed by atoms with Gasteiger partial charge in [0.1, 0.15) is 12.4 Å². The summed E-state index contributed by atoms with van der Waals surface area (Å²) in [5.74, 6) is 1.01. The lowest BCUT2D eigenvalue weighted by Crippen LogP contribution is -2.33. The molecule has 3 heteroatoms. The van der Waals surface area contributed by atoms with E-state index in [9.17, 15) is 0 Å². The minimum atomic E-state index is 0.799. The van der Waals surface area contributed by atoms with Crippen molar-refractivity contribution in [3.8, 4) is 5.75 Å². The van der Waals surface area contributed by atoms with Crippen LogP contribution in [0.1, 0.15) is 19.8 Å². The average Bonchev–Trinajstić information content (AvgIpc) is 2.25. The van der Waals surface area contributed by atoms with E-state index in [0.29, 0.717) is 0 Å². The van der Waals surface area contributed by atoms with Crippen LogP contribution in [-0.2, 0) is 0 Å². The maximum Gasteiger partial charge on any atom is 0.143 e. The molecule has 1 aliphatic heterocycles. The first-order valence-electron chi connectivity index (χ1n) is 5.48. The van der Waals surface area contributed by atoms with E-state index in [-0.39, 0.29) is 0 Å². The highest BCUT2D eigenvalue weighted by atomic mass is 79.9. The zero-order chi connectivity index (χ0) is 10.7. The number of anilines is 1. The summed E-state index contributed by atoms with van der Waals surface area (Å²) in [7, 11) is 0. The summed E-state index contributed by atoms with van der Waals surface area (Å²) < 4.78 is 6.72. The first-order valence-corrected chi connectivity index (χ1v) is 6.28. The Bertz CT molecular complexity index is 340. The maximum atomic E-state index is 5.64. The van der Waals surface area contributed by atoms with E-state index < -0.39 is 0 Å². The fourth-order valence-corrected chi connectivity index (χ4v) is 2.17. The van der Waals surface area contributed by atoms with Crippen LogP contribution < -0.4 is 9.64 Å². The van der Waals surface area contributed by atoms with Crippen LogP contribution in [0.3, 0.4) is 0 Å². The monoisotopic (exact) mass is 269 g/mol. The molecule has 0 aliphatic carbocycles. The van der Waals surface area contributed by atoms with Crippen LogP contribution in [0.2, 0.25) is 0 Å². The van der Waals surface area contributed by atoms with Crippen molar-refractivity contribution in [2.24, 2.45) is 0 Å². The van der Waals surface area contributed by atoms with E-state index in [0.717, 1.165) is 29.9 Å². The summed E-state index contributed by atoms with van der Waals surface area (Å²) in [5.41, 5.74) is 1.23. The molecule has 1 aliphatic rings. The molecular formula is C12H16BrNO. The van der Waals surface area contributed by atoms with Gasteiger partial charge in [-0.15, -0.1) is 0 Å². The number of benzene rings is 1. The van der Waals surface area contributed by atoms with Gasteiger partial charge in [0, 0.05) is 11.0 Å². The van der Waals surface area contributed by atoms with Gasteiger partial charge in [-0.05, 0) is 24.6 Å². The van der Waals surface area contributed by atoms with Crippen LogP contribution >= 0.6 is 15.9 Å². The fourth-order valence-electron chi connectivity index (χ4n) is 1.83. The van der Waals surface area contributed by atoms with Crippen LogP contribution in [0.25, 0.3) is 0 Å². The third-order valence-corrected chi connectivity index (χ3v) is 3.16. The lowest BCUT2D eigenvalue weighted by molar-refractivity contribution is 0.307. The number of hydrogen-bond acceptors (Lipinski definition) is 2. The molecule has 1 aromatic carbocycles. The molecule has 82 valence electrons. The van der Waals surface area contributed by atoms with Gasteiger partial charge in [-0.25, -0.2) is 0 Å². The van der Waals surface area contributed by atoms with Gasteiger partial charge >= 0.3 is 0 Å². The van der Waals surface area contributed by atoms with Crippen molar-refractivity contribution in [2.45, 2.75) is 19.8 Å². The van der Waals surface area contributed by atoms with Crippen LogP contribution in [0.4, 0.5) is 5.69 Å². The average molecular weight is 270 g/mol. The number of rotatable bonds is 3. The van der Waals surface area contributed by atoms with Gasteiger partial charge in [0.05, 0.1) is 12.2 Å². The predicted molar refractivity (Wildman–Crippen MR) is 66.8 cm³/mol. The third kappa shape index (κ3) is 2.46. The fraction of sp³-hybridized carbons (Fsp3) is 0.500. The van der Waals surface area contributed by atoms with Crippen molar-refractivity contribution in [1.29, 1.82) is 0 Å². The van der Waals surface area contributed by atoms with Crippen molar-refractivity contribution in [1.82, 2.24) is 0 Å². The summed E-state index contributed by atoms with van der Waals surface area (Å²) in [6, 6.07) is 6.26. The molecular weight excluding hydrogens is 254 g/mol. The standard InChI is InChI=1S/C12H16BrNO/c1-2-3-6-14-7-8-15-12-9-10(13)4-5-11(12)14/h4-5,9H,2-3,6-8H2,1H3. The molecule has 2 nitrogen and oxygen atoms in total. The van der Waals surface area contributed by atoms with Gasteiger partial charge in [0.15, 0.2) is 0 Å². The summed E-state index contributed by atoms with van der Waals surface area (Å²) in [4.78, 5) is 2.41. The molecule has 1 heterocycles. The summed E-state index contributed by atoms with van der Waals surface area (Å²) >= 11 is 3.46. The zero-order valence-electron chi connectivity index (χ0n) is 9.00. The van der Waals surface area contributed by atoms with E-state index >= 15 is 0 Å². The first kappa shape index (κ1) is 10.8. The Morgan fingerprint density at radius 1 is 1.47 bits per heavy atom. The molecule has 2 rings (SSSR count). The Kier molecular flexibility index (Phi) is 3.52. The molecule has 0 radical (unpaired) electrons. The van der Waals surface area contributed by atoms with E-state index in [1.807, 2.05) is 6.07 Å². The second-order valence-corrected chi connectivity index (χ2v) is 4.72. The summed E-state index contributed by atoms with van der Waals surface area (Å²) in [5, 5.41) is 0. The lowest BCUT2D eigenvalue weighted by Gasteiger charge is -2.31. The zero-order valence-corrected chi connectivity index (χ0v) is 10.6. The number of nitrogens with zero attached hydrogens (tertiary/aromatic N) is 1. The molecule has 0 fully saturated rings. The maximum absolute atomic E-state index is 5.64. The van der Waals surface area contributed by atoms with Gasteiger partial charge in [-0.1, -0.05) is 29.3 Å². The van der Waals surface area contributed by atoms with E-state index in [4.69, 9.17) is 4.74 Å². The Morgan fingerprint density at radius 3 is 3.13 bits per heavy atom. The molecule has 1 aromatic rings. The highest BCUT2D eigenvalue weighted by Crippen LogP contribution is 2.33. The third-order valence-electron chi connectivity index (χ3n) is 2.66. The highest BCUT2D eigenvalue weighted by Gasteiger charge is 2.17. The minimum absolute atomic E-state index is 0.799. The van der Waals surface area contributed by atoms with Crippen molar-refractivity contribution < 1.29 is 4.74 Å². The Balaban J connectivity index is 2.18. The number of unbranched alkanes of at least 4 members (excludes halogenated alkanes) is 1. The van der Waals surface area contributed by atoms with E-state index in [2.05, 4.69) is 39.9 Å². The van der Waals surface area contributed by atoms with Crippen molar-refractivity contribution in [3.05, 3.63) is 22.7 Å².